The molecule has 0 N–H and O–H groups in total. The molecular weight excluding hydrogens is 330 g/mol. The van der Waals surface area contributed by atoms with Gasteiger partial charge in [0.05, 0.1) is 13.1 Å². The minimum absolute atomic E-state index is 0.232. The number of aliphatic imine (C=N–C) groups is 1. The molecular formula is C16H17ClN5O2+. The van der Waals surface area contributed by atoms with E-state index in [-0.39, 0.29) is 11.9 Å². The number of anilines is 1. The van der Waals surface area contributed by atoms with Gasteiger partial charge in [0.15, 0.2) is 0 Å². The SMILES string of the molecule is CN1C(=O)C2C(=NC3=[N+]2CCCN3c2ccc(Cl)cc2)N(C)C1=O. The van der Waals surface area contributed by atoms with Crippen LogP contribution in [-0.4, -0.2) is 71.3 Å². The third-order valence-corrected chi connectivity index (χ3v) is 4.92. The van der Waals surface area contributed by atoms with Gasteiger partial charge in [0, 0.05) is 25.5 Å². The van der Waals surface area contributed by atoms with Gasteiger partial charge in [-0.25, -0.2) is 14.3 Å². The van der Waals surface area contributed by atoms with E-state index in [2.05, 4.69) is 9.89 Å². The summed E-state index contributed by atoms with van der Waals surface area (Å²) in [5.74, 6) is 0.982. The first-order valence-electron chi connectivity index (χ1n) is 7.79. The topological polar surface area (TPSA) is 59.2 Å². The van der Waals surface area contributed by atoms with Crippen LogP contribution in [0.5, 0.6) is 0 Å². The van der Waals surface area contributed by atoms with Gasteiger partial charge in [-0.05, 0) is 24.3 Å². The van der Waals surface area contributed by atoms with Crippen molar-refractivity contribution in [1.29, 1.82) is 0 Å². The second-order valence-corrected chi connectivity index (χ2v) is 6.52. The van der Waals surface area contributed by atoms with Crippen molar-refractivity contribution in [2.45, 2.75) is 12.5 Å². The van der Waals surface area contributed by atoms with Crippen molar-refractivity contribution in [3.63, 3.8) is 0 Å². The fourth-order valence-corrected chi connectivity index (χ4v) is 3.52. The van der Waals surface area contributed by atoms with Gasteiger partial charge in [-0.15, -0.1) is 0 Å². The number of carbonyl (C=O) groups excluding carboxylic acids is 2. The molecule has 24 heavy (non-hydrogen) atoms. The summed E-state index contributed by atoms with van der Waals surface area (Å²) in [4.78, 5) is 34.1. The highest BCUT2D eigenvalue weighted by molar-refractivity contribution is 6.30. The van der Waals surface area contributed by atoms with Gasteiger partial charge in [-0.2, -0.15) is 0 Å². The predicted molar refractivity (Wildman–Crippen MR) is 90.7 cm³/mol. The molecule has 0 aliphatic carbocycles. The number of hydrogen-bond acceptors (Lipinski definition) is 4. The van der Waals surface area contributed by atoms with Gasteiger partial charge in [0.1, 0.15) is 5.69 Å². The third-order valence-electron chi connectivity index (χ3n) is 4.67. The largest absolute Gasteiger partial charge is 0.397 e. The average Bonchev–Trinajstić information content (AvgIpc) is 2.98. The molecule has 1 unspecified atom stereocenters. The summed E-state index contributed by atoms with van der Waals surface area (Å²) >= 11 is 5.97. The number of guanidine groups is 1. The molecule has 1 saturated heterocycles. The molecule has 1 atom stereocenters. The molecule has 1 fully saturated rings. The maximum Gasteiger partial charge on any atom is 0.397 e. The molecule has 4 rings (SSSR count). The summed E-state index contributed by atoms with van der Waals surface area (Å²) < 4.78 is 1.98. The standard InChI is InChI=1S/C16H17ClN5O2/c1-19-13-12(14(23)20(2)16(19)24)22-9-3-8-21(15(22)18-13)11-6-4-10(17)5-7-11/h4-7,12H,3,8-9H2,1-2H3/q+1. The number of halogens is 1. The molecule has 0 bridgehead atoms. The van der Waals surface area contributed by atoms with E-state index < -0.39 is 6.04 Å². The van der Waals surface area contributed by atoms with Gasteiger partial charge in [0.25, 0.3) is 5.91 Å². The van der Waals surface area contributed by atoms with E-state index in [1.54, 1.807) is 7.05 Å². The van der Waals surface area contributed by atoms with Crippen LogP contribution in [0.25, 0.3) is 0 Å². The third kappa shape index (κ3) is 2.04. The fraction of sp³-hybridized carbons (Fsp3) is 0.375. The van der Waals surface area contributed by atoms with Crippen LogP contribution >= 0.6 is 11.6 Å². The lowest BCUT2D eigenvalue weighted by atomic mass is 10.1. The Hall–Kier alpha value is -2.41. The Morgan fingerprint density at radius 3 is 2.58 bits per heavy atom. The van der Waals surface area contributed by atoms with Crippen LogP contribution in [0.2, 0.25) is 5.02 Å². The first kappa shape index (κ1) is 15.1. The summed E-state index contributed by atoms with van der Waals surface area (Å²) in [6.45, 7) is 1.54. The van der Waals surface area contributed by atoms with E-state index in [4.69, 9.17) is 11.6 Å². The molecule has 3 amide bonds. The Labute approximate surface area is 144 Å². The van der Waals surface area contributed by atoms with E-state index in [9.17, 15) is 9.59 Å². The zero-order valence-corrected chi connectivity index (χ0v) is 14.2. The summed E-state index contributed by atoms with van der Waals surface area (Å²) in [7, 11) is 3.17. The van der Waals surface area contributed by atoms with Crippen LogP contribution < -0.4 is 4.90 Å². The van der Waals surface area contributed by atoms with Crippen LogP contribution in [0, 0.1) is 0 Å². The van der Waals surface area contributed by atoms with Gasteiger partial charge in [-0.1, -0.05) is 16.6 Å². The van der Waals surface area contributed by atoms with Gasteiger partial charge < -0.3 is 0 Å². The minimum atomic E-state index is -0.525. The molecule has 0 radical (unpaired) electrons. The van der Waals surface area contributed by atoms with Crippen molar-refractivity contribution in [3.8, 4) is 0 Å². The lowest BCUT2D eigenvalue weighted by Crippen LogP contribution is -2.62. The van der Waals surface area contributed by atoms with Crippen molar-refractivity contribution < 1.29 is 14.2 Å². The molecule has 8 heteroatoms. The van der Waals surface area contributed by atoms with E-state index in [0.29, 0.717) is 16.8 Å². The number of amidine groups is 1. The van der Waals surface area contributed by atoms with Crippen LogP contribution in [0.1, 0.15) is 6.42 Å². The van der Waals surface area contributed by atoms with Crippen LogP contribution in [-0.2, 0) is 4.79 Å². The van der Waals surface area contributed by atoms with Crippen molar-refractivity contribution in [2.75, 3.05) is 32.1 Å². The maximum absolute atomic E-state index is 12.6. The molecule has 7 nitrogen and oxygen atoms in total. The van der Waals surface area contributed by atoms with Crippen molar-refractivity contribution >= 4 is 41.0 Å². The number of fused-ring (bicyclic) bond motifs is 2. The molecule has 0 spiro atoms. The second-order valence-electron chi connectivity index (χ2n) is 6.09. The number of nitrogens with zero attached hydrogens (tertiary/aromatic N) is 5. The van der Waals surface area contributed by atoms with Crippen LogP contribution in [0.4, 0.5) is 10.5 Å². The van der Waals surface area contributed by atoms with E-state index in [1.165, 1.54) is 11.9 Å². The number of hydrogen-bond donors (Lipinski definition) is 0. The average molecular weight is 347 g/mol. The van der Waals surface area contributed by atoms with E-state index in [1.807, 2.05) is 28.8 Å². The van der Waals surface area contributed by atoms with Crippen molar-refractivity contribution in [1.82, 2.24) is 9.80 Å². The van der Waals surface area contributed by atoms with Gasteiger partial charge in [-0.3, -0.25) is 14.6 Å². The fourth-order valence-electron chi connectivity index (χ4n) is 3.39. The predicted octanol–water partition coefficient (Wildman–Crippen LogP) is 1.22. The Bertz CT molecular complexity index is 801. The van der Waals surface area contributed by atoms with Crippen LogP contribution in [0.15, 0.2) is 29.3 Å². The number of rotatable bonds is 1. The lowest BCUT2D eigenvalue weighted by Gasteiger charge is -2.32. The molecule has 1 aromatic carbocycles. The highest BCUT2D eigenvalue weighted by Gasteiger charge is 2.53. The molecule has 3 aliphatic rings. The first-order valence-corrected chi connectivity index (χ1v) is 8.17. The summed E-state index contributed by atoms with van der Waals surface area (Å²) in [5.41, 5.74) is 0.969. The number of carbonyl (C=O) groups is 2. The van der Waals surface area contributed by atoms with E-state index in [0.717, 1.165) is 30.1 Å². The van der Waals surface area contributed by atoms with Gasteiger partial charge in [0.2, 0.25) is 11.9 Å². The number of amides is 3. The van der Waals surface area contributed by atoms with E-state index >= 15 is 0 Å². The quantitative estimate of drug-likeness (QED) is 0.718. The lowest BCUT2D eigenvalue weighted by molar-refractivity contribution is -0.539. The number of benzene rings is 1. The Morgan fingerprint density at radius 2 is 1.88 bits per heavy atom. The molecule has 0 aromatic heterocycles. The van der Waals surface area contributed by atoms with Crippen LogP contribution in [0.3, 0.4) is 0 Å². The Morgan fingerprint density at radius 1 is 1.17 bits per heavy atom. The number of urea groups is 1. The highest BCUT2D eigenvalue weighted by Crippen LogP contribution is 2.26. The van der Waals surface area contributed by atoms with Crippen molar-refractivity contribution in [2.24, 2.45) is 4.99 Å². The molecule has 124 valence electrons. The Kier molecular flexibility index (Phi) is 3.35. The minimum Gasteiger partial charge on any atom is -0.270 e. The first-order chi connectivity index (χ1) is 11.5. The summed E-state index contributed by atoms with van der Waals surface area (Å²) in [6.07, 6.45) is 0.903. The maximum atomic E-state index is 12.6. The zero-order valence-electron chi connectivity index (χ0n) is 13.4. The highest BCUT2D eigenvalue weighted by atomic mass is 35.5. The second kappa shape index (κ2) is 5.31. The monoisotopic (exact) mass is 346 g/mol. The Balaban J connectivity index is 1.79. The molecule has 3 heterocycles. The smallest absolute Gasteiger partial charge is 0.270 e. The number of imide groups is 1. The van der Waals surface area contributed by atoms with Gasteiger partial charge >= 0.3 is 12.0 Å². The zero-order chi connectivity index (χ0) is 17.0. The molecule has 1 aromatic rings. The molecule has 0 saturated carbocycles. The van der Waals surface area contributed by atoms with Crippen molar-refractivity contribution in [3.05, 3.63) is 29.3 Å². The summed E-state index contributed by atoms with van der Waals surface area (Å²) in [5, 5.41) is 0.672. The molecule has 3 aliphatic heterocycles. The summed E-state index contributed by atoms with van der Waals surface area (Å²) in [6, 6.07) is 6.66. The normalized spacial score (nSPS) is 23.5. The number of likely N-dealkylation sites (N-methyl/N-ethyl adjacent to an activating group) is 2.